The lowest BCUT2D eigenvalue weighted by atomic mass is 10.2. The molecule has 3 aromatic carbocycles. The molecule has 208 valence electrons. The summed E-state index contributed by atoms with van der Waals surface area (Å²) in [4.78, 5) is 25.1. The number of ether oxygens (including phenoxy) is 6. The van der Waals surface area contributed by atoms with Crippen molar-refractivity contribution in [2.75, 3.05) is 52.9 Å². The predicted molar refractivity (Wildman–Crippen MR) is 141 cm³/mol. The molecule has 39 heavy (non-hydrogen) atoms. The van der Waals surface area contributed by atoms with E-state index >= 15 is 0 Å². The van der Waals surface area contributed by atoms with Gasteiger partial charge in [-0.05, 0) is 79.2 Å². The number of aliphatic hydroxyl groups excluding tert-OH is 2. The van der Waals surface area contributed by atoms with Crippen molar-refractivity contribution in [3.8, 4) is 23.0 Å². The molecule has 0 spiro atoms. The van der Waals surface area contributed by atoms with E-state index in [4.69, 9.17) is 38.6 Å². The van der Waals surface area contributed by atoms with Crippen LogP contribution in [0.1, 0.15) is 26.3 Å². The Labute approximate surface area is 226 Å². The summed E-state index contributed by atoms with van der Waals surface area (Å²) >= 11 is 0. The molecule has 3 rings (SSSR count). The van der Waals surface area contributed by atoms with Crippen molar-refractivity contribution in [3.05, 3.63) is 83.4 Å². The quantitative estimate of drug-likeness (QED) is 0.159. The third-order valence-electron chi connectivity index (χ3n) is 5.20. The maximum absolute atomic E-state index is 12.6. The Balaban J connectivity index is 1.48. The Morgan fingerprint density at radius 1 is 0.590 bits per heavy atom. The number of aryl methyl sites for hydroxylation is 1. The molecule has 0 bridgehead atoms. The lowest BCUT2D eigenvalue weighted by Crippen LogP contribution is -2.11. The SMILES string of the molecule is Cc1cc(OC(=O)c2ccc(OCCOCCO)cc2)ccc1OC(=O)c1ccc(OCCOCCO)cc1. The monoisotopic (exact) mass is 540 g/mol. The van der Waals surface area contributed by atoms with Gasteiger partial charge in [0.2, 0.25) is 0 Å². The lowest BCUT2D eigenvalue weighted by molar-refractivity contribution is 0.0703. The summed E-state index contributed by atoms with van der Waals surface area (Å²) < 4.78 is 32.3. The van der Waals surface area contributed by atoms with Gasteiger partial charge in [0.25, 0.3) is 0 Å². The van der Waals surface area contributed by atoms with Gasteiger partial charge in [-0.25, -0.2) is 9.59 Å². The van der Waals surface area contributed by atoms with E-state index < -0.39 is 11.9 Å². The maximum Gasteiger partial charge on any atom is 0.343 e. The van der Waals surface area contributed by atoms with E-state index in [1.807, 2.05) is 0 Å². The highest BCUT2D eigenvalue weighted by molar-refractivity contribution is 5.92. The largest absolute Gasteiger partial charge is 0.491 e. The summed E-state index contributed by atoms with van der Waals surface area (Å²) in [5.41, 5.74) is 1.31. The van der Waals surface area contributed by atoms with Crippen LogP contribution in [-0.2, 0) is 9.47 Å². The number of hydrogen-bond acceptors (Lipinski definition) is 10. The van der Waals surface area contributed by atoms with Crippen LogP contribution in [-0.4, -0.2) is 75.0 Å². The summed E-state index contributed by atoms with van der Waals surface area (Å²) in [6.07, 6.45) is 0. The normalized spacial score (nSPS) is 10.6. The van der Waals surface area contributed by atoms with Crippen molar-refractivity contribution in [2.24, 2.45) is 0 Å². The first-order valence-electron chi connectivity index (χ1n) is 12.4. The molecular weight excluding hydrogens is 508 g/mol. The summed E-state index contributed by atoms with van der Waals surface area (Å²) in [5.74, 6) is 0.718. The number of carbonyl (C=O) groups excluding carboxylic acids is 2. The molecule has 0 aliphatic carbocycles. The van der Waals surface area contributed by atoms with Crippen LogP contribution in [0.25, 0.3) is 0 Å². The van der Waals surface area contributed by atoms with Gasteiger partial charge in [0.15, 0.2) is 0 Å². The molecule has 0 saturated heterocycles. The van der Waals surface area contributed by atoms with E-state index in [0.29, 0.717) is 66.1 Å². The molecule has 0 aliphatic heterocycles. The fraction of sp³-hybridized carbons (Fsp3) is 0.310. The van der Waals surface area contributed by atoms with Crippen LogP contribution in [0, 0.1) is 6.92 Å². The first-order chi connectivity index (χ1) is 19.0. The molecule has 0 radical (unpaired) electrons. The van der Waals surface area contributed by atoms with Gasteiger partial charge in [-0.2, -0.15) is 0 Å². The van der Waals surface area contributed by atoms with Gasteiger partial charge in [-0.3, -0.25) is 0 Å². The van der Waals surface area contributed by atoms with Crippen LogP contribution in [0.5, 0.6) is 23.0 Å². The van der Waals surface area contributed by atoms with Gasteiger partial charge in [-0.1, -0.05) is 0 Å². The zero-order valence-corrected chi connectivity index (χ0v) is 21.7. The van der Waals surface area contributed by atoms with E-state index in [2.05, 4.69) is 0 Å². The number of esters is 2. The van der Waals surface area contributed by atoms with E-state index in [1.165, 1.54) is 0 Å². The molecule has 0 amide bonds. The van der Waals surface area contributed by atoms with Crippen LogP contribution < -0.4 is 18.9 Å². The van der Waals surface area contributed by atoms with Crippen LogP contribution in [0.3, 0.4) is 0 Å². The van der Waals surface area contributed by atoms with Crippen LogP contribution in [0.2, 0.25) is 0 Å². The van der Waals surface area contributed by atoms with Crippen molar-refractivity contribution >= 4 is 11.9 Å². The molecule has 0 saturated carbocycles. The molecule has 0 aromatic heterocycles. The van der Waals surface area contributed by atoms with E-state index in [1.54, 1.807) is 73.7 Å². The van der Waals surface area contributed by atoms with Gasteiger partial charge < -0.3 is 38.6 Å². The summed E-state index contributed by atoms with van der Waals surface area (Å²) in [6.45, 7) is 3.51. The topological polar surface area (TPSA) is 130 Å². The fourth-order valence-corrected chi connectivity index (χ4v) is 3.27. The third kappa shape index (κ3) is 10.0. The highest BCUT2D eigenvalue weighted by Gasteiger charge is 2.14. The average molecular weight is 541 g/mol. The van der Waals surface area contributed by atoms with Crippen molar-refractivity contribution in [1.82, 2.24) is 0 Å². The number of hydrogen-bond donors (Lipinski definition) is 2. The molecule has 2 N–H and O–H groups in total. The summed E-state index contributed by atoms with van der Waals surface area (Å²) in [5, 5.41) is 17.4. The number of rotatable bonds is 16. The third-order valence-corrected chi connectivity index (χ3v) is 5.20. The second-order valence-electron chi connectivity index (χ2n) is 8.12. The Kier molecular flexibility index (Phi) is 12.2. The molecule has 0 heterocycles. The van der Waals surface area contributed by atoms with Crippen molar-refractivity contribution in [2.45, 2.75) is 6.92 Å². The lowest BCUT2D eigenvalue weighted by Gasteiger charge is -2.11. The Morgan fingerprint density at radius 2 is 1.05 bits per heavy atom. The van der Waals surface area contributed by atoms with Gasteiger partial charge in [0, 0.05) is 0 Å². The smallest absolute Gasteiger partial charge is 0.343 e. The van der Waals surface area contributed by atoms with Gasteiger partial charge >= 0.3 is 11.9 Å². The van der Waals surface area contributed by atoms with Crippen molar-refractivity contribution in [3.63, 3.8) is 0 Å². The van der Waals surface area contributed by atoms with Gasteiger partial charge in [-0.15, -0.1) is 0 Å². The highest BCUT2D eigenvalue weighted by atomic mass is 16.5. The van der Waals surface area contributed by atoms with Gasteiger partial charge in [0.05, 0.1) is 50.8 Å². The molecule has 0 atom stereocenters. The molecule has 0 fully saturated rings. The number of aliphatic hydroxyl groups is 2. The zero-order valence-electron chi connectivity index (χ0n) is 21.7. The zero-order chi connectivity index (χ0) is 27.9. The molecular formula is C29H32O10. The summed E-state index contributed by atoms with van der Waals surface area (Å²) in [7, 11) is 0. The Hall–Kier alpha value is -3.96. The first-order valence-corrected chi connectivity index (χ1v) is 12.4. The first kappa shape index (κ1) is 29.6. The Morgan fingerprint density at radius 3 is 1.51 bits per heavy atom. The van der Waals surface area contributed by atoms with E-state index in [9.17, 15) is 9.59 Å². The van der Waals surface area contributed by atoms with Crippen molar-refractivity contribution in [1.29, 1.82) is 0 Å². The molecule has 0 unspecified atom stereocenters. The van der Waals surface area contributed by atoms with Crippen molar-refractivity contribution < 1.29 is 48.2 Å². The average Bonchev–Trinajstić information content (AvgIpc) is 2.95. The van der Waals surface area contributed by atoms with E-state index in [-0.39, 0.29) is 26.4 Å². The number of benzene rings is 3. The van der Waals surface area contributed by atoms with Gasteiger partial charge in [0.1, 0.15) is 36.2 Å². The minimum Gasteiger partial charge on any atom is -0.491 e. The van der Waals surface area contributed by atoms with Crippen LogP contribution in [0.4, 0.5) is 0 Å². The predicted octanol–water partition coefficient (Wildman–Crippen LogP) is 3.21. The maximum atomic E-state index is 12.6. The van der Waals surface area contributed by atoms with E-state index in [0.717, 1.165) is 0 Å². The highest BCUT2D eigenvalue weighted by Crippen LogP contribution is 2.25. The molecule has 10 heteroatoms. The minimum absolute atomic E-state index is 0.0413. The second-order valence-corrected chi connectivity index (χ2v) is 8.12. The molecule has 10 nitrogen and oxygen atoms in total. The Bertz CT molecular complexity index is 1180. The number of carbonyl (C=O) groups is 2. The second kappa shape index (κ2) is 16.1. The molecule has 0 aliphatic rings. The minimum atomic E-state index is -0.542. The fourth-order valence-electron chi connectivity index (χ4n) is 3.27. The van der Waals surface area contributed by atoms with Crippen LogP contribution >= 0.6 is 0 Å². The standard InChI is InChI=1S/C29H32O10/c1-21-20-26(38-28(32)22-2-6-24(7-3-22)36-18-16-34-14-12-30)10-11-27(21)39-29(33)23-4-8-25(9-5-23)37-19-17-35-15-13-31/h2-11,20,30-31H,12-19H2,1H3. The summed E-state index contributed by atoms with van der Waals surface area (Å²) in [6, 6.07) is 17.7. The molecule has 3 aromatic rings. The van der Waals surface area contributed by atoms with Crippen LogP contribution in [0.15, 0.2) is 66.7 Å².